The molecule has 0 spiro atoms. The molecular weight excluding hydrogens is 236 g/mol. The van der Waals surface area contributed by atoms with Crippen LogP contribution in [0, 0.1) is 0 Å². The summed E-state index contributed by atoms with van der Waals surface area (Å²) >= 11 is 0. The molecule has 0 radical (unpaired) electrons. The van der Waals surface area contributed by atoms with Crippen LogP contribution in [0.15, 0.2) is 48.8 Å². The van der Waals surface area contributed by atoms with Gasteiger partial charge in [-0.2, -0.15) is 0 Å². The number of ether oxygens (including phenoxy) is 1. The first-order valence-corrected chi connectivity index (χ1v) is 6.50. The van der Waals surface area contributed by atoms with Crippen LogP contribution in [0.5, 0.6) is 5.75 Å². The van der Waals surface area contributed by atoms with Crippen LogP contribution in [-0.4, -0.2) is 12.1 Å². The molecule has 1 aromatic heterocycles. The van der Waals surface area contributed by atoms with Gasteiger partial charge >= 0.3 is 0 Å². The average molecular weight is 256 g/mol. The first-order valence-electron chi connectivity index (χ1n) is 6.50. The van der Waals surface area contributed by atoms with Crippen LogP contribution in [0.2, 0.25) is 0 Å². The van der Waals surface area contributed by atoms with Crippen molar-refractivity contribution in [3.63, 3.8) is 0 Å². The summed E-state index contributed by atoms with van der Waals surface area (Å²) in [5.41, 5.74) is 2.50. The Morgan fingerprint density at radius 3 is 1.95 bits per heavy atom. The largest absolute Gasteiger partial charge is 0.497 e. The van der Waals surface area contributed by atoms with E-state index in [0.717, 1.165) is 5.75 Å². The number of aromatic nitrogens is 1. The fourth-order valence-corrected chi connectivity index (χ4v) is 2.11. The molecule has 2 aromatic rings. The molecule has 0 saturated heterocycles. The Kier molecular flexibility index (Phi) is 4.53. The Morgan fingerprint density at radius 1 is 0.895 bits per heavy atom. The lowest BCUT2D eigenvalue weighted by atomic mass is 10.1. The van der Waals surface area contributed by atoms with E-state index in [2.05, 4.69) is 36.3 Å². The molecular formula is C16H20N2O. The summed E-state index contributed by atoms with van der Waals surface area (Å²) in [6, 6.07) is 12.8. The van der Waals surface area contributed by atoms with Crippen molar-refractivity contribution in [1.29, 1.82) is 0 Å². The second-order valence-electron chi connectivity index (χ2n) is 4.66. The molecule has 0 fully saturated rings. The van der Waals surface area contributed by atoms with Crippen LogP contribution in [0.25, 0.3) is 0 Å². The van der Waals surface area contributed by atoms with Crippen molar-refractivity contribution in [3.8, 4) is 5.75 Å². The minimum atomic E-state index is 0.286. The topological polar surface area (TPSA) is 34.1 Å². The number of pyridine rings is 1. The average Bonchev–Trinajstić information content (AvgIpc) is 2.48. The summed E-state index contributed by atoms with van der Waals surface area (Å²) in [6.45, 7) is 4.33. The minimum absolute atomic E-state index is 0.286. The van der Waals surface area contributed by atoms with Gasteiger partial charge in [0.15, 0.2) is 0 Å². The predicted molar refractivity (Wildman–Crippen MR) is 77.2 cm³/mol. The summed E-state index contributed by atoms with van der Waals surface area (Å²) in [5.74, 6) is 0.887. The molecule has 100 valence electrons. The van der Waals surface area contributed by atoms with Gasteiger partial charge < -0.3 is 10.1 Å². The van der Waals surface area contributed by atoms with Crippen molar-refractivity contribution in [2.24, 2.45) is 0 Å². The highest BCUT2D eigenvalue weighted by Crippen LogP contribution is 2.21. The lowest BCUT2D eigenvalue weighted by molar-refractivity contribution is 0.414. The van der Waals surface area contributed by atoms with E-state index in [-0.39, 0.29) is 6.04 Å². The van der Waals surface area contributed by atoms with Gasteiger partial charge in [-0.15, -0.1) is 0 Å². The van der Waals surface area contributed by atoms with Gasteiger partial charge in [-0.25, -0.2) is 0 Å². The van der Waals surface area contributed by atoms with Crippen molar-refractivity contribution in [2.75, 3.05) is 7.11 Å². The number of rotatable bonds is 5. The molecule has 19 heavy (non-hydrogen) atoms. The molecule has 0 amide bonds. The second kappa shape index (κ2) is 6.34. The third-order valence-electron chi connectivity index (χ3n) is 3.32. The van der Waals surface area contributed by atoms with Crippen LogP contribution in [0.1, 0.15) is 37.1 Å². The third kappa shape index (κ3) is 3.55. The highest BCUT2D eigenvalue weighted by atomic mass is 16.5. The summed E-state index contributed by atoms with van der Waals surface area (Å²) in [4.78, 5) is 4.04. The van der Waals surface area contributed by atoms with E-state index in [1.807, 2.05) is 36.7 Å². The highest BCUT2D eigenvalue weighted by molar-refractivity contribution is 5.29. The zero-order valence-corrected chi connectivity index (χ0v) is 11.6. The van der Waals surface area contributed by atoms with Gasteiger partial charge in [-0.1, -0.05) is 12.1 Å². The number of hydrogen-bond acceptors (Lipinski definition) is 3. The maximum Gasteiger partial charge on any atom is 0.118 e. The van der Waals surface area contributed by atoms with E-state index >= 15 is 0 Å². The summed E-state index contributed by atoms with van der Waals surface area (Å²) in [5, 5.41) is 3.58. The van der Waals surface area contributed by atoms with Gasteiger partial charge in [0, 0.05) is 24.5 Å². The van der Waals surface area contributed by atoms with E-state index in [1.54, 1.807) is 7.11 Å². The molecule has 3 nitrogen and oxygen atoms in total. The number of benzene rings is 1. The Labute approximate surface area is 114 Å². The van der Waals surface area contributed by atoms with Crippen LogP contribution in [0.3, 0.4) is 0 Å². The molecule has 1 heterocycles. The Hall–Kier alpha value is -1.87. The van der Waals surface area contributed by atoms with Crippen molar-refractivity contribution in [1.82, 2.24) is 10.3 Å². The molecule has 2 atom stereocenters. The molecule has 0 saturated carbocycles. The van der Waals surface area contributed by atoms with Crippen molar-refractivity contribution in [3.05, 3.63) is 59.9 Å². The zero-order chi connectivity index (χ0) is 13.7. The van der Waals surface area contributed by atoms with E-state index in [0.29, 0.717) is 6.04 Å². The van der Waals surface area contributed by atoms with Gasteiger partial charge in [0.2, 0.25) is 0 Å². The van der Waals surface area contributed by atoms with Gasteiger partial charge in [0.1, 0.15) is 5.75 Å². The van der Waals surface area contributed by atoms with Gasteiger partial charge in [-0.3, -0.25) is 4.98 Å². The number of nitrogens with one attached hydrogen (secondary N) is 1. The molecule has 0 aliphatic heterocycles. The van der Waals surface area contributed by atoms with Crippen molar-refractivity contribution >= 4 is 0 Å². The molecule has 2 unspecified atom stereocenters. The minimum Gasteiger partial charge on any atom is -0.497 e. The van der Waals surface area contributed by atoms with Gasteiger partial charge in [-0.05, 0) is 49.2 Å². The van der Waals surface area contributed by atoms with Crippen LogP contribution >= 0.6 is 0 Å². The monoisotopic (exact) mass is 256 g/mol. The van der Waals surface area contributed by atoms with Crippen LogP contribution in [0.4, 0.5) is 0 Å². The zero-order valence-electron chi connectivity index (χ0n) is 11.6. The number of methoxy groups -OCH3 is 1. The molecule has 3 heteroatoms. The van der Waals surface area contributed by atoms with Crippen molar-refractivity contribution in [2.45, 2.75) is 25.9 Å². The SMILES string of the molecule is COc1ccc(C(C)NC(C)c2ccncc2)cc1. The second-order valence-corrected chi connectivity index (χ2v) is 4.66. The summed E-state index contributed by atoms with van der Waals surface area (Å²) < 4.78 is 5.17. The molecule has 0 aliphatic carbocycles. The molecule has 1 N–H and O–H groups in total. The third-order valence-corrected chi connectivity index (χ3v) is 3.32. The lowest BCUT2D eigenvalue weighted by Gasteiger charge is -2.20. The summed E-state index contributed by atoms with van der Waals surface area (Å²) in [7, 11) is 1.68. The normalized spacial score (nSPS) is 13.8. The number of nitrogens with zero attached hydrogens (tertiary/aromatic N) is 1. The fourth-order valence-electron chi connectivity index (χ4n) is 2.11. The first kappa shape index (κ1) is 13.6. The molecule has 0 bridgehead atoms. The molecule has 0 aliphatic rings. The fraction of sp³-hybridized carbons (Fsp3) is 0.312. The predicted octanol–water partition coefficient (Wildman–Crippen LogP) is 3.50. The van der Waals surface area contributed by atoms with Crippen molar-refractivity contribution < 1.29 is 4.74 Å². The smallest absolute Gasteiger partial charge is 0.118 e. The quantitative estimate of drug-likeness (QED) is 0.889. The maximum absolute atomic E-state index is 5.17. The molecule has 1 aromatic carbocycles. The van der Waals surface area contributed by atoms with E-state index in [1.165, 1.54) is 11.1 Å². The van der Waals surface area contributed by atoms with E-state index < -0.39 is 0 Å². The van der Waals surface area contributed by atoms with Crippen LogP contribution < -0.4 is 10.1 Å². The van der Waals surface area contributed by atoms with E-state index in [4.69, 9.17) is 4.74 Å². The first-order chi connectivity index (χ1) is 9.20. The van der Waals surface area contributed by atoms with Crippen LogP contribution in [-0.2, 0) is 0 Å². The number of hydrogen-bond donors (Lipinski definition) is 1. The standard InChI is InChI=1S/C16H20N2O/c1-12(14-4-6-16(19-3)7-5-14)18-13(2)15-8-10-17-11-9-15/h4-13,18H,1-3H3. The summed E-state index contributed by atoms with van der Waals surface area (Å²) in [6.07, 6.45) is 3.65. The Bertz CT molecular complexity index is 496. The van der Waals surface area contributed by atoms with Gasteiger partial charge in [0.25, 0.3) is 0 Å². The Morgan fingerprint density at radius 2 is 1.42 bits per heavy atom. The maximum atomic E-state index is 5.17. The Balaban J connectivity index is 2.02. The van der Waals surface area contributed by atoms with Gasteiger partial charge in [0.05, 0.1) is 7.11 Å². The highest BCUT2D eigenvalue weighted by Gasteiger charge is 2.10. The molecule has 2 rings (SSSR count). The van der Waals surface area contributed by atoms with E-state index in [9.17, 15) is 0 Å². The lowest BCUT2D eigenvalue weighted by Crippen LogP contribution is -2.22.